The zero-order valence-corrected chi connectivity index (χ0v) is 11.7. The number of aryl methyl sites for hydroxylation is 1. The van der Waals surface area contributed by atoms with E-state index in [9.17, 15) is 0 Å². The summed E-state index contributed by atoms with van der Waals surface area (Å²) in [7, 11) is 0. The number of rotatable bonds is 3. The summed E-state index contributed by atoms with van der Waals surface area (Å²) in [6, 6.07) is 13.2. The summed E-state index contributed by atoms with van der Waals surface area (Å²) in [6.45, 7) is 7.28. The third kappa shape index (κ3) is 2.16. The minimum Gasteiger partial charge on any atom is -0.339 e. The van der Waals surface area contributed by atoms with Gasteiger partial charge in [-0.2, -0.15) is 5.10 Å². The molecule has 0 amide bonds. The van der Waals surface area contributed by atoms with Gasteiger partial charge in [0.1, 0.15) is 0 Å². The van der Waals surface area contributed by atoms with Gasteiger partial charge in [0, 0.05) is 23.4 Å². The zero-order chi connectivity index (χ0) is 13.4. The van der Waals surface area contributed by atoms with Crippen LogP contribution in [0.2, 0.25) is 0 Å². The number of benzene rings is 1. The molecule has 3 heteroatoms. The number of nitrogens with zero attached hydrogens (tertiary/aromatic N) is 3. The van der Waals surface area contributed by atoms with E-state index in [0.29, 0.717) is 6.04 Å². The molecule has 0 unspecified atom stereocenters. The second-order valence-electron chi connectivity index (χ2n) is 5.31. The Labute approximate surface area is 113 Å². The number of aromatic nitrogens is 3. The topological polar surface area (TPSA) is 22.8 Å². The summed E-state index contributed by atoms with van der Waals surface area (Å²) in [5, 5.41) is 5.92. The Morgan fingerprint density at radius 2 is 1.95 bits per heavy atom. The first-order chi connectivity index (χ1) is 9.15. The molecule has 0 bridgehead atoms. The Balaban J connectivity index is 1.98. The number of fused-ring (bicyclic) bond motifs is 1. The molecule has 0 radical (unpaired) electrons. The highest BCUT2D eigenvalue weighted by Crippen LogP contribution is 2.20. The SMILES string of the molecule is Cc1cc2ccccc2n1Cc1ccn(C(C)C)n1. The fourth-order valence-electron chi connectivity index (χ4n) is 2.47. The molecule has 3 nitrogen and oxygen atoms in total. The smallest absolute Gasteiger partial charge is 0.0822 e. The van der Waals surface area contributed by atoms with Gasteiger partial charge in [0.05, 0.1) is 12.2 Å². The molecular formula is C16H19N3. The standard InChI is InChI=1S/C16H19N3/c1-12(2)19-9-8-15(17-19)11-18-13(3)10-14-6-4-5-7-16(14)18/h4-10,12H,11H2,1-3H3. The maximum absolute atomic E-state index is 4.63. The predicted octanol–water partition coefficient (Wildman–Crippen LogP) is 3.78. The lowest BCUT2D eigenvalue weighted by Crippen LogP contribution is -2.05. The molecule has 0 aliphatic carbocycles. The van der Waals surface area contributed by atoms with Crippen molar-refractivity contribution in [1.82, 2.24) is 14.3 Å². The first-order valence-electron chi connectivity index (χ1n) is 6.74. The van der Waals surface area contributed by atoms with E-state index in [1.54, 1.807) is 0 Å². The second-order valence-corrected chi connectivity index (χ2v) is 5.31. The van der Waals surface area contributed by atoms with Gasteiger partial charge in [-0.3, -0.25) is 4.68 Å². The van der Waals surface area contributed by atoms with Crippen molar-refractivity contribution >= 4 is 10.9 Å². The van der Waals surface area contributed by atoms with Crippen LogP contribution in [0.15, 0.2) is 42.6 Å². The highest BCUT2D eigenvalue weighted by Gasteiger charge is 2.08. The summed E-state index contributed by atoms with van der Waals surface area (Å²) in [6.07, 6.45) is 2.06. The molecule has 0 N–H and O–H groups in total. The average molecular weight is 253 g/mol. The van der Waals surface area contributed by atoms with Crippen LogP contribution in [0.4, 0.5) is 0 Å². The fourth-order valence-corrected chi connectivity index (χ4v) is 2.47. The van der Waals surface area contributed by atoms with Crippen LogP contribution in [-0.4, -0.2) is 14.3 Å². The molecule has 0 fully saturated rings. The molecule has 0 spiro atoms. The van der Waals surface area contributed by atoms with Gasteiger partial charge in [0.2, 0.25) is 0 Å². The zero-order valence-electron chi connectivity index (χ0n) is 11.7. The molecule has 2 heterocycles. The third-order valence-corrected chi connectivity index (χ3v) is 3.53. The van der Waals surface area contributed by atoms with Crippen LogP contribution in [0, 0.1) is 6.92 Å². The Morgan fingerprint density at radius 3 is 2.68 bits per heavy atom. The van der Waals surface area contributed by atoms with Crippen LogP contribution in [0.1, 0.15) is 31.3 Å². The Bertz CT molecular complexity index is 704. The van der Waals surface area contributed by atoms with E-state index in [0.717, 1.165) is 12.2 Å². The van der Waals surface area contributed by atoms with Crippen LogP contribution in [-0.2, 0) is 6.54 Å². The molecule has 0 aliphatic heterocycles. The monoisotopic (exact) mass is 253 g/mol. The quantitative estimate of drug-likeness (QED) is 0.696. The maximum Gasteiger partial charge on any atom is 0.0822 e. The highest BCUT2D eigenvalue weighted by atomic mass is 15.3. The van der Waals surface area contributed by atoms with Crippen molar-refractivity contribution in [2.24, 2.45) is 0 Å². The van der Waals surface area contributed by atoms with E-state index in [4.69, 9.17) is 0 Å². The predicted molar refractivity (Wildman–Crippen MR) is 78.4 cm³/mol. The number of hydrogen-bond acceptors (Lipinski definition) is 1. The molecular weight excluding hydrogens is 234 g/mol. The van der Waals surface area contributed by atoms with Gasteiger partial charge in [-0.15, -0.1) is 0 Å². The summed E-state index contributed by atoms with van der Waals surface area (Å²) >= 11 is 0. The van der Waals surface area contributed by atoms with Crippen LogP contribution in [0.5, 0.6) is 0 Å². The highest BCUT2D eigenvalue weighted by molar-refractivity contribution is 5.81. The van der Waals surface area contributed by atoms with Gasteiger partial charge in [-0.05, 0) is 44.4 Å². The lowest BCUT2D eigenvalue weighted by molar-refractivity contribution is 0.524. The van der Waals surface area contributed by atoms with Crippen LogP contribution in [0.3, 0.4) is 0 Å². The van der Waals surface area contributed by atoms with Gasteiger partial charge < -0.3 is 4.57 Å². The molecule has 98 valence electrons. The first-order valence-corrected chi connectivity index (χ1v) is 6.74. The van der Waals surface area contributed by atoms with Crippen LogP contribution < -0.4 is 0 Å². The fraction of sp³-hybridized carbons (Fsp3) is 0.312. The van der Waals surface area contributed by atoms with E-state index in [-0.39, 0.29) is 0 Å². The van der Waals surface area contributed by atoms with E-state index in [1.165, 1.54) is 16.6 Å². The lowest BCUT2D eigenvalue weighted by Gasteiger charge is -2.07. The van der Waals surface area contributed by atoms with Gasteiger partial charge >= 0.3 is 0 Å². The first kappa shape index (κ1) is 12.0. The summed E-state index contributed by atoms with van der Waals surface area (Å²) in [4.78, 5) is 0. The Hall–Kier alpha value is -2.03. The van der Waals surface area contributed by atoms with Crippen molar-refractivity contribution in [2.75, 3.05) is 0 Å². The molecule has 1 aromatic carbocycles. The maximum atomic E-state index is 4.63. The number of para-hydroxylation sites is 1. The number of hydrogen-bond donors (Lipinski definition) is 0. The lowest BCUT2D eigenvalue weighted by atomic mass is 10.2. The van der Waals surface area contributed by atoms with E-state index >= 15 is 0 Å². The van der Waals surface area contributed by atoms with Crippen molar-refractivity contribution in [2.45, 2.75) is 33.4 Å². The Morgan fingerprint density at radius 1 is 1.16 bits per heavy atom. The second kappa shape index (κ2) is 4.57. The van der Waals surface area contributed by atoms with Gasteiger partial charge in [-0.1, -0.05) is 18.2 Å². The molecule has 3 rings (SSSR count). The minimum atomic E-state index is 0.413. The van der Waals surface area contributed by atoms with Crippen molar-refractivity contribution < 1.29 is 0 Å². The average Bonchev–Trinajstić information content (AvgIpc) is 2.96. The van der Waals surface area contributed by atoms with Gasteiger partial charge in [0.15, 0.2) is 0 Å². The van der Waals surface area contributed by atoms with Gasteiger partial charge in [-0.25, -0.2) is 0 Å². The summed E-state index contributed by atoms with van der Waals surface area (Å²) in [5.74, 6) is 0. The molecule has 3 aromatic rings. The van der Waals surface area contributed by atoms with Crippen molar-refractivity contribution in [1.29, 1.82) is 0 Å². The summed E-state index contributed by atoms with van der Waals surface area (Å²) < 4.78 is 4.33. The van der Waals surface area contributed by atoms with E-state index in [2.05, 4.69) is 73.0 Å². The van der Waals surface area contributed by atoms with E-state index < -0.39 is 0 Å². The van der Waals surface area contributed by atoms with Crippen molar-refractivity contribution in [3.8, 4) is 0 Å². The molecule has 0 atom stereocenters. The molecule has 0 saturated heterocycles. The summed E-state index contributed by atoms with van der Waals surface area (Å²) in [5.41, 5.74) is 3.66. The van der Waals surface area contributed by atoms with Crippen LogP contribution >= 0.6 is 0 Å². The third-order valence-electron chi connectivity index (χ3n) is 3.53. The van der Waals surface area contributed by atoms with Crippen molar-refractivity contribution in [3.63, 3.8) is 0 Å². The molecule has 0 saturated carbocycles. The molecule has 19 heavy (non-hydrogen) atoms. The Kier molecular flexibility index (Phi) is 2.90. The minimum absolute atomic E-state index is 0.413. The van der Waals surface area contributed by atoms with Crippen LogP contribution in [0.25, 0.3) is 10.9 Å². The molecule has 2 aromatic heterocycles. The van der Waals surface area contributed by atoms with Gasteiger partial charge in [0.25, 0.3) is 0 Å². The largest absolute Gasteiger partial charge is 0.339 e. The normalized spacial score (nSPS) is 11.6. The molecule has 0 aliphatic rings. The van der Waals surface area contributed by atoms with E-state index in [1.807, 2.05) is 4.68 Å². The van der Waals surface area contributed by atoms with Crippen molar-refractivity contribution in [3.05, 3.63) is 54.0 Å².